The van der Waals surface area contributed by atoms with Crippen LogP contribution in [0, 0.1) is 23.2 Å². The first-order chi connectivity index (χ1) is 12.6. The van der Waals surface area contributed by atoms with Crippen molar-refractivity contribution in [2.24, 2.45) is 23.2 Å². The molecule has 0 spiro atoms. The average Bonchev–Trinajstić information content (AvgIpc) is 3.16. The second kappa shape index (κ2) is 5.32. The third-order valence-electron chi connectivity index (χ3n) is 7.78. The summed E-state index contributed by atoms with van der Waals surface area (Å²) in [5.74, 6) is 2.57. The normalized spacial score (nSPS) is 37.6. The van der Waals surface area contributed by atoms with Crippen LogP contribution in [0.4, 0.5) is 0 Å². The Labute approximate surface area is 158 Å². The summed E-state index contributed by atoms with van der Waals surface area (Å²) in [6, 6.07) is 2.09. The van der Waals surface area contributed by atoms with Crippen molar-refractivity contribution in [2.45, 2.75) is 57.1 Å². The third-order valence-corrected chi connectivity index (χ3v) is 7.99. The van der Waals surface area contributed by atoms with Crippen LogP contribution in [0.1, 0.15) is 56.6 Å². The number of rotatable bonds is 3. The zero-order chi connectivity index (χ0) is 17.5. The van der Waals surface area contributed by atoms with Crippen LogP contribution in [-0.4, -0.2) is 25.7 Å². The van der Waals surface area contributed by atoms with Gasteiger partial charge in [-0.15, -0.1) is 0 Å². The Balaban J connectivity index is 1.34. The van der Waals surface area contributed by atoms with Crippen LogP contribution in [0.2, 0.25) is 5.15 Å². The fourth-order valence-corrected chi connectivity index (χ4v) is 7.30. The first-order valence-electron chi connectivity index (χ1n) is 9.97. The number of imidazole rings is 1. The molecule has 0 aromatic carbocycles. The van der Waals surface area contributed by atoms with E-state index in [-0.39, 0.29) is 17.6 Å². The van der Waals surface area contributed by atoms with E-state index < -0.39 is 0 Å². The van der Waals surface area contributed by atoms with E-state index in [1.165, 1.54) is 44.1 Å². The molecule has 4 fully saturated rings. The molecule has 4 nitrogen and oxygen atoms in total. The molecule has 3 heterocycles. The predicted molar refractivity (Wildman–Crippen MR) is 99.8 cm³/mol. The Kier molecular flexibility index (Phi) is 3.20. The molecule has 2 aromatic rings. The molecule has 2 unspecified atom stereocenters. The average molecular weight is 370 g/mol. The summed E-state index contributed by atoms with van der Waals surface area (Å²) in [5.41, 5.74) is 3.53. The molecule has 1 aliphatic heterocycles. The van der Waals surface area contributed by atoms with Gasteiger partial charge in [-0.1, -0.05) is 11.6 Å². The summed E-state index contributed by atoms with van der Waals surface area (Å²) in [4.78, 5) is 8.59. The lowest BCUT2D eigenvalue weighted by Crippen LogP contribution is -2.52. The third kappa shape index (κ3) is 2.12. The zero-order valence-corrected chi connectivity index (χ0v) is 15.6. The molecule has 136 valence electrons. The van der Waals surface area contributed by atoms with E-state index in [0.29, 0.717) is 5.15 Å². The largest absolute Gasteiger partial charge is 0.392 e. The van der Waals surface area contributed by atoms with E-state index in [9.17, 15) is 5.11 Å². The first kappa shape index (κ1) is 15.6. The van der Waals surface area contributed by atoms with Crippen LogP contribution < -0.4 is 0 Å². The number of aliphatic hydroxyl groups excluding tert-OH is 1. The summed E-state index contributed by atoms with van der Waals surface area (Å²) in [7, 11) is 0. The van der Waals surface area contributed by atoms with Crippen molar-refractivity contribution in [3.63, 3.8) is 0 Å². The van der Waals surface area contributed by atoms with Crippen LogP contribution in [0.5, 0.6) is 0 Å². The summed E-state index contributed by atoms with van der Waals surface area (Å²) in [6.07, 6.45) is 14.0. The molecule has 0 saturated heterocycles. The van der Waals surface area contributed by atoms with Crippen molar-refractivity contribution in [1.29, 1.82) is 0 Å². The molecule has 5 aliphatic rings. The molecule has 2 aromatic heterocycles. The maximum Gasteiger partial charge on any atom is 0.129 e. The molecule has 0 amide bonds. The van der Waals surface area contributed by atoms with Crippen LogP contribution in [0.25, 0.3) is 11.3 Å². The Morgan fingerprint density at radius 1 is 1.15 bits per heavy atom. The Morgan fingerprint density at radius 3 is 2.54 bits per heavy atom. The Bertz CT molecular complexity index is 841. The van der Waals surface area contributed by atoms with Crippen molar-refractivity contribution >= 4 is 11.6 Å². The zero-order valence-electron chi connectivity index (χ0n) is 14.8. The second-order valence-corrected chi connectivity index (χ2v) is 9.71. The van der Waals surface area contributed by atoms with E-state index in [0.717, 1.165) is 35.4 Å². The monoisotopic (exact) mass is 369 g/mol. The molecule has 1 N–H and O–H groups in total. The minimum absolute atomic E-state index is 0.117. The maximum absolute atomic E-state index is 11.5. The van der Waals surface area contributed by atoms with Crippen molar-refractivity contribution in [2.75, 3.05) is 0 Å². The highest BCUT2D eigenvalue weighted by molar-refractivity contribution is 6.29. The molecular weight excluding hydrogens is 346 g/mol. The van der Waals surface area contributed by atoms with Gasteiger partial charge in [-0.2, -0.15) is 0 Å². The molecule has 4 saturated carbocycles. The fourth-order valence-electron chi connectivity index (χ4n) is 7.13. The fraction of sp³-hybridized carbons (Fsp3) is 0.619. The van der Waals surface area contributed by atoms with Crippen molar-refractivity contribution in [1.82, 2.24) is 14.5 Å². The number of hydrogen-bond acceptors (Lipinski definition) is 3. The summed E-state index contributed by atoms with van der Waals surface area (Å²) in [6.45, 7) is 0. The Morgan fingerprint density at radius 2 is 1.85 bits per heavy atom. The van der Waals surface area contributed by atoms with Crippen molar-refractivity contribution in [3.05, 3.63) is 35.5 Å². The SMILES string of the molecule is OC(CC1c2cc(Cl)ncc2-c2cncn21)C12CC3CC(CC(C3)C1)C2. The van der Waals surface area contributed by atoms with Gasteiger partial charge in [0, 0.05) is 11.8 Å². The number of aliphatic hydroxyl groups is 1. The van der Waals surface area contributed by atoms with E-state index >= 15 is 0 Å². The minimum Gasteiger partial charge on any atom is -0.392 e. The molecule has 4 aliphatic carbocycles. The molecule has 2 atom stereocenters. The number of fused-ring (bicyclic) bond motifs is 3. The number of hydrogen-bond donors (Lipinski definition) is 1. The lowest BCUT2D eigenvalue weighted by atomic mass is 9.48. The van der Waals surface area contributed by atoms with Crippen molar-refractivity contribution < 1.29 is 5.11 Å². The second-order valence-electron chi connectivity index (χ2n) is 9.33. The number of aromatic nitrogens is 3. The molecule has 7 rings (SSSR count). The maximum atomic E-state index is 11.5. The van der Waals surface area contributed by atoms with Crippen LogP contribution in [0.3, 0.4) is 0 Å². The number of nitrogens with zero attached hydrogens (tertiary/aromatic N) is 3. The van der Waals surface area contributed by atoms with E-state index in [1.807, 2.05) is 24.8 Å². The first-order valence-corrected chi connectivity index (χ1v) is 10.3. The minimum atomic E-state index is -0.256. The molecule has 5 heteroatoms. The quantitative estimate of drug-likeness (QED) is 0.812. The van der Waals surface area contributed by atoms with Gasteiger partial charge in [0.1, 0.15) is 5.15 Å². The number of pyridine rings is 1. The van der Waals surface area contributed by atoms with Gasteiger partial charge in [0.2, 0.25) is 0 Å². The Hall–Kier alpha value is -1.39. The van der Waals surface area contributed by atoms with Gasteiger partial charge >= 0.3 is 0 Å². The van der Waals surface area contributed by atoms with Gasteiger partial charge in [-0.25, -0.2) is 9.97 Å². The molecule has 0 radical (unpaired) electrons. The number of halogens is 1. The lowest BCUT2D eigenvalue weighted by Gasteiger charge is -2.58. The molecule has 26 heavy (non-hydrogen) atoms. The van der Waals surface area contributed by atoms with Crippen molar-refractivity contribution in [3.8, 4) is 11.3 Å². The lowest BCUT2D eigenvalue weighted by molar-refractivity contribution is -0.124. The van der Waals surface area contributed by atoms with E-state index in [2.05, 4.69) is 14.5 Å². The van der Waals surface area contributed by atoms with Crippen LogP contribution in [-0.2, 0) is 0 Å². The van der Waals surface area contributed by atoms with Gasteiger partial charge in [0.15, 0.2) is 0 Å². The highest BCUT2D eigenvalue weighted by Gasteiger charge is 2.54. The summed E-state index contributed by atoms with van der Waals surface area (Å²) >= 11 is 6.19. The molecule has 4 bridgehead atoms. The highest BCUT2D eigenvalue weighted by Crippen LogP contribution is 2.62. The van der Waals surface area contributed by atoms with Gasteiger partial charge < -0.3 is 9.67 Å². The molecular formula is C21H24ClN3O. The summed E-state index contributed by atoms with van der Waals surface area (Å²) < 4.78 is 2.20. The van der Waals surface area contributed by atoms with Crippen LogP contribution in [0.15, 0.2) is 24.8 Å². The van der Waals surface area contributed by atoms with Gasteiger partial charge in [-0.05, 0) is 79.7 Å². The smallest absolute Gasteiger partial charge is 0.129 e. The standard InChI is InChI=1S/C21H24ClN3O/c22-20-4-15-16(9-24-20)18-10-23-11-25(18)17(15)5-19(26)21-6-12-1-13(7-21)3-14(2-12)8-21/h4,9-14,17,19,26H,1-3,5-8H2. The van der Waals surface area contributed by atoms with E-state index in [1.54, 1.807) is 0 Å². The predicted octanol–water partition coefficient (Wildman–Crippen LogP) is 4.47. The topological polar surface area (TPSA) is 50.9 Å². The van der Waals surface area contributed by atoms with Gasteiger partial charge in [0.05, 0.1) is 30.4 Å². The van der Waals surface area contributed by atoms with Crippen LogP contribution >= 0.6 is 11.6 Å². The summed E-state index contributed by atoms with van der Waals surface area (Å²) in [5, 5.41) is 12.0. The van der Waals surface area contributed by atoms with Gasteiger partial charge in [-0.3, -0.25) is 0 Å². The van der Waals surface area contributed by atoms with E-state index in [4.69, 9.17) is 11.6 Å². The highest BCUT2D eigenvalue weighted by atomic mass is 35.5. The van der Waals surface area contributed by atoms with Gasteiger partial charge in [0.25, 0.3) is 0 Å².